The molecule has 1 atom stereocenters. The average Bonchev–Trinajstić information content (AvgIpc) is 2.47. The van der Waals surface area contributed by atoms with E-state index < -0.39 is 0 Å². The van der Waals surface area contributed by atoms with Crippen LogP contribution < -0.4 is 10.6 Å². The van der Waals surface area contributed by atoms with Crippen molar-refractivity contribution in [1.82, 2.24) is 5.32 Å². The summed E-state index contributed by atoms with van der Waals surface area (Å²) >= 11 is 0. The van der Waals surface area contributed by atoms with Gasteiger partial charge in [0, 0.05) is 32.2 Å². The molecular formula is C18H28N2O3. The minimum absolute atomic E-state index is 0.00696. The molecule has 5 nitrogen and oxygen atoms in total. The van der Waals surface area contributed by atoms with Crippen molar-refractivity contribution in [2.75, 3.05) is 25.6 Å². The van der Waals surface area contributed by atoms with Gasteiger partial charge in [0.25, 0.3) is 0 Å². The second-order valence-electron chi connectivity index (χ2n) is 6.18. The van der Waals surface area contributed by atoms with Crippen LogP contribution in [-0.4, -0.2) is 32.1 Å². The van der Waals surface area contributed by atoms with E-state index in [1.165, 1.54) is 5.56 Å². The molecule has 0 saturated carbocycles. The summed E-state index contributed by atoms with van der Waals surface area (Å²) in [5, 5.41) is 5.63. The number of rotatable bonds is 9. The Kier molecular flexibility index (Phi) is 8.33. The minimum atomic E-state index is -0.0699. The summed E-state index contributed by atoms with van der Waals surface area (Å²) < 4.78 is 4.87. The Morgan fingerprint density at radius 2 is 1.65 bits per heavy atom. The first-order valence-corrected chi connectivity index (χ1v) is 8.07. The van der Waals surface area contributed by atoms with E-state index in [0.717, 1.165) is 5.69 Å². The average molecular weight is 320 g/mol. The maximum Gasteiger partial charge on any atom is 0.224 e. The second-order valence-corrected chi connectivity index (χ2v) is 6.18. The van der Waals surface area contributed by atoms with Crippen molar-refractivity contribution in [3.05, 3.63) is 29.8 Å². The maximum absolute atomic E-state index is 12.0. The Labute approximate surface area is 138 Å². The second kappa shape index (κ2) is 10.0. The molecule has 5 heteroatoms. The summed E-state index contributed by atoms with van der Waals surface area (Å²) in [5.41, 5.74) is 2.03. The van der Waals surface area contributed by atoms with Crippen LogP contribution >= 0.6 is 0 Å². The van der Waals surface area contributed by atoms with Crippen LogP contribution in [0.25, 0.3) is 0 Å². The van der Waals surface area contributed by atoms with Gasteiger partial charge in [-0.3, -0.25) is 9.59 Å². The highest BCUT2D eigenvalue weighted by molar-refractivity contribution is 5.91. The van der Waals surface area contributed by atoms with Gasteiger partial charge in [-0.1, -0.05) is 32.9 Å². The highest BCUT2D eigenvalue weighted by atomic mass is 16.5. The third-order valence-corrected chi connectivity index (χ3v) is 3.56. The van der Waals surface area contributed by atoms with Crippen LogP contribution in [0.1, 0.15) is 45.1 Å². The number of ether oxygens (including phenoxy) is 1. The summed E-state index contributed by atoms with van der Waals surface area (Å²) in [6, 6.07) is 7.87. The molecule has 0 unspecified atom stereocenters. The van der Waals surface area contributed by atoms with E-state index >= 15 is 0 Å². The Balaban J connectivity index is 2.36. The van der Waals surface area contributed by atoms with Gasteiger partial charge in [-0.15, -0.1) is 0 Å². The van der Waals surface area contributed by atoms with Gasteiger partial charge in [-0.05, 0) is 29.5 Å². The number of nitrogens with one attached hydrogen (secondary N) is 2. The van der Waals surface area contributed by atoms with Crippen molar-refractivity contribution in [2.45, 2.75) is 39.5 Å². The SMILES string of the molecule is COCCNC(=O)C[C@H](C)CC(=O)Nc1ccc(C(C)C)cc1. The highest BCUT2D eigenvalue weighted by Gasteiger charge is 2.13. The normalized spacial score (nSPS) is 12.0. The maximum atomic E-state index is 12.0. The van der Waals surface area contributed by atoms with E-state index in [4.69, 9.17) is 4.74 Å². The van der Waals surface area contributed by atoms with E-state index in [9.17, 15) is 9.59 Å². The lowest BCUT2D eigenvalue weighted by atomic mass is 10.0. The van der Waals surface area contributed by atoms with E-state index in [2.05, 4.69) is 24.5 Å². The van der Waals surface area contributed by atoms with Crippen LogP contribution in [0.3, 0.4) is 0 Å². The molecule has 0 bridgehead atoms. The molecule has 2 amide bonds. The molecule has 0 aromatic heterocycles. The predicted octanol–water partition coefficient (Wildman–Crippen LogP) is 2.93. The van der Waals surface area contributed by atoms with Crippen LogP contribution in [0.2, 0.25) is 0 Å². The number of anilines is 1. The Morgan fingerprint density at radius 3 is 2.22 bits per heavy atom. The minimum Gasteiger partial charge on any atom is -0.383 e. The molecule has 0 spiro atoms. The molecule has 1 aromatic carbocycles. The Bertz CT molecular complexity index is 497. The van der Waals surface area contributed by atoms with Crippen molar-refractivity contribution in [3.8, 4) is 0 Å². The van der Waals surface area contributed by atoms with E-state index in [-0.39, 0.29) is 17.7 Å². The number of amides is 2. The lowest BCUT2D eigenvalue weighted by molar-refractivity contribution is -0.122. The lowest BCUT2D eigenvalue weighted by Crippen LogP contribution is -2.29. The van der Waals surface area contributed by atoms with Gasteiger partial charge in [-0.2, -0.15) is 0 Å². The largest absolute Gasteiger partial charge is 0.383 e. The topological polar surface area (TPSA) is 67.4 Å². The van der Waals surface area contributed by atoms with Crippen LogP contribution in [-0.2, 0) is 14.3 Å². The molecule has 0 fully saturated rings. The number of benzene rings is 1. The van der Waals surface area contributed by atoms with Crippen molar-refractivity contribution < 1.29 is 14.3 Å². The fourth-order valence-corrected chi connectivity index (χ4v) is 2.23. The zero-order chi connectivity index (χ0) is 17.2. The van der Waals surface area contributed by atoms with Crippen molar-refractivity contribution in [1.29, 1.82) is 0 Å². The molecular weight excluding hydrogens is 292 g/mol. The smallest absolute Gasteiger partial charge is 0.224 e. The predicted molar refractivity (Wildman–Crippen MR) is 92.4 cm³/mol. The lowest BCUT2D eigenvalue weighted by Gasteiger charge is -2.12. The molecule has 1 rings (SSSR count). The first kappa shape index (κ1) is 19.2. The van der Waals surface area contributed by atoms with Crippen LogP contribution in [0.4, 0.5) is 5.69 Å². The zero-order valence-corrected chi connectivity index (χ0v) is 14.5. The van der Waals surface area contributed by atoms with Gasteiger partial charge in [0.1, 0.15) is 0 Å². The monoisotopic (exact) mass is 320 g/mol. The van der Waals surface area contributed by atoms with Gasteiger partial charge >= 0.3 is 0 Å². The summed E-state index contributed by atoms with van der Waals surface area (Å²) in [4.78, 5) is 23.7. The standard InChI is InChI=1S/C18H28N2O3/c1-13(2)15-5-7-16(8-6-15)20-18(22)12-14(3)11-17(21)19-9-10-23-4/h5-8,13-14H,9-12H2,1-4H3,(H,19,21)(H,20,22)/t14-/m0/s1. The summed E-state index contributed by atoms with van der Waals surface area (Å²) in [6.07, 6.45) is 0.660. The van der Waals surface area contributed by atoms with Gasteiger partial charge in [0.05, 0.1) is 6.61 Å². The summed E-state index contributed by atoms with van der Waals surface area (Å²) in [5.74, 6) is 0.340. The van der Waals surface area contributed by atoms with E-state index in [1.807, 2.05) is 31.2 Å². The van der Waals surface area contributed by atoms with Gasteiger partial charge < -0.3 is 15.4 Å². The number of hydrogen-bond donors (Lipinski definition) is 2. The third-order valence-electron chi connectivity index (χ3n) is 3.56. The zero-order valence-electron chi connectivity index (χ0n) is 14.5. The Morgan fingerprint density at radius 1 is 1.04 bits per heavy atom. The number of methoxy groups -OCH3 is 1. The molecule has 0 aliphatic carbocycles. The molecule has 0 aliphatic rings. The van der Waals surface area contributed by atoms with Gasteiger partial charge in [-0.25, -0.2) is 0 Å². The molecule has 23 heavy (non-hydrogen) atoms. The number of carbonyl (C=O) groups excluding carboxylic acids is 2. The molecule has 0 heterocycles. The fourth-order valence-electron chi connectivity index (χ4n) is 2.23. The number of hydrogen-bond acceptors (Lipinski definition) is 3. The van der Waals surface area contributed by atoms with Gasteiger partial charge in [0.2, 0.25) is 11.8 Å². The van der Waals surface area contributed by atoms with Crippen molar-refractivity contribution in [3.63, 3.8) is 0 Å². The molecule has 1 aromatic rings. The van der Waals surface area contributed by atoms with Crippen LogP contribution in [0.15, 0.2) is 24.3 Å². The summed E-state index contributed by atoms with van der Waals surface area (Å²) in [6.45, 7) is 7.15. The molecule has 0 aliphatic heterocycles. The van der Waals surface area contributed by atoms with Crippen molar-refractivity contribution >= 4 is 17.5 Å². The fraction of sp³-hybridized carbons (Fsp3) is 0.556. The van der Waals surface area contributed by atoms with E-state index in [1.54, 1.807) is 7.11 Å². The van der Waals surface area contributed by atoms with Gasteiger partial charge in [0.15, 0.2) is 0 Å². The molecule has 128 valence electrons. The van der Waals surface area contributed by atoms with Crippen molar-refractivity contribution in [2.24, 2.45) is 5.92 Å². The van der Waals surface area contributed by atoms with Crippen LogP contribution in [0, 0.1) is 5.92 Å². The first-order valence-electron chi connectivity index (χ1n) is 8.07. The van der Waals surface area contributed by atoms with Crippen LogP contribution in [0.5, 0.6) is 0 Å². The molecule has 0 radical (unpaired) electrons. The third kappa shape index (κ3) is 7.79. The Hall–Kier alpha value is -1.88. The molecule has 2 N–H and O–H groups in total. The number of carbonyl (C=O) groups is 2. The summed E-state index contributed by atoms with van der Waals surface area (Å²) in [7, 11) is 1.59. The quantitative estimate of drug-likeness (QED) is 0.688. The van der Waals surface area contributed by atoms with E-state index in [0.29, 0.717) is 31.9 Å². The highest BCUT2D eigenvalue weighted by Crippen LogP contribution is 2.18. The first-order chi connectivity index (χ1) is 10.9. The molecule has 0 saturated heterocycles.